The lowest BCUT2D eigenvalue weighted by atomic mass is 10.0. The number of carboxylic acid groups (broad SMARTS) is 1. The number of carboxylic acids is 1. The van der Waals surface area contributed by atoms with Gasteiger partial charge in [-0.05, 0) is 13.8 Å². The van der Waals surface area contributed by atoms with Gasteiger partial charge in [-0.1, -0.05) is 0 Å². The van der Waals surface area contributed by atoms with Crippen LogP contribution in [0.2, 0.25) is 0 Å². The van der Waals surface area contributed by atoms with Gasteiger partial charge in [-0.2, -0.15) is 9.40 Å². The molecule has 1 aromatic heterocycles. The van der Waals surface area contributed by atoms with Crippen LogP contribution in [-0.4, -0.2) is 58.1 Å². The number of nitrogens with one attached hydrogen (secondary N) is 1. The van der Waals surface area contributed by atoms with Crippen LogP contribution in [0.5, 0.6) is 0 Å². The third kappa shape index (κ3) is 2.76. The summed E-state index contributed by atoms with van der Waals surface area (Å²) in [5.41, 5.74) is -1.22. The molecule has 9 nitrogen and oxygen atoms in total. The molecule has 116 valence electrons. The maximum Gasteiger partial charge on any atom is 0.325 e. The van der Waals surface area contributed by atoms with E-state index in [2.05, 4.69) is 10.4 Å². The first kappa shape index (κ1) is 15.4. The minimum atomic E-state index is -3.92. The van der Waals surface area contributed by atoms with Gasteiger partial charge in [-0.3, -0.25) is 14.3 Å². The second kappa shape index (κ2) is 5.11. The number of sulfonamides is 1. The second-order valence-corrected chi connectivity index (χ2v) is 7.02. The standard InChI is InChI=1S/C11H16N4O5S/c1-11(2)10(18)12-3-4-15(11)21(19,20)8-5-13-14(6-8)7-9(16)17/h5-6H,3-4,7H2,1-2H3,(H,12,18)(H,16,17). The fourth-order valence-corrected chi connectivity index (χ4v) is 3.84. The summed E-state index contributed by atoms with van der Waals surface area (Å²) in [5.74, 6) is -1.50. The minimum absolute atomic E-state index is 0.133. The second-order valence-electron chi connectivity index (χ2n) is 5.16. The summed E-state index contributed by atoms with van der Waals surface area (Å²) in [5, 5.41) is 15.0. The first-order valence-corrected chi connectivity index (χ1v) is 7.65. The van der Waals surface area contributed by atoms with E-state index in [1.54, 1.807) is 0 Å². The monoisotopic (exact) mass is 316 g/mol. The molecule has 2 N–H and O–H groups in total. The molecule has 10 heteroatoms. The zero-order chi connectivity index (χ0) is 15.8. The molecular formula is C11H16N4O5S. The first-order chi connectivity index (χ1) is 9.65. The van der Waals surface area contributed by atoms with Crippen LogP contribution in [0.4, 0.5) is 0 Å². The Morgan fingerprint density at radius 3 is 2.81 bits per heavy atom. The Bertz CT molecular complexity index is 679. The Hall–Kier alpha value is -1.94. The number of hydrogen-bond acceptors (Lipinski definition) is 5. The zero-order valence-electron chi connectivity index (χ0n) is 11.6. The minimum Gasteiger partial charge on any atom is -0.480 e. The largest absolute Gasteiger partial charge is 0.480 e. The number of nitrogens with zero attached hydrogens (tertiary/aromatic N) is 3. The summed E-state index contributed by atoms with van der Waals surface area (Å²) in [4.78, 5) is 22.3. The van der Waals surface area contributed by atoms with E-state index in [0.29, 0.717) is 0 Å². The van der Waals surface area contributed by atoms with Crippen molar-refractivity contribution in [3.8, 4) is 0 Å². The van der Waals surface area contributed by atoms with E-state index in [-0.39, 0.29) is 23.9 Å². The molecule has 0 saturated carbocycles. The number of aromatic nitrogens is 2. The molecule has 1 aliphatic rings. The quantitative estimate of drug-likeness (QED) is 0.724. The van der Waals surface area contributed by atoms with E-state index in [4.69, 9.17) is 5.11 Å². The fraction of sp³-hybridized carbons (Fsp3) is 0.545. The highest BCUT2D eigenvalue weighted by atomic mass is 32.2. The molecule has 0 aromatic carbocycles. The van der Waals surface area contributed by atoms with E-state index >= 15 is 0 Å². The summed E-state index contributed by atoms with van der Waals surface area (Å²) in [7, 11) is -3.92. The zero-order valence-corrected chi connectivity index (χ0v) is 12.4. The molecule has 1 fully saturated rings. The van der Waals surface area contributed by atoms with Gasteiger partial charge >= 0.3 is 5.97 Å². The summed E-state index contributed by atoms with van der Waals surface area (Å²) in [6.45, 7) is 2.97. The molecule has 0 radical (unpaired) electrons. The highest BCUT2D eigenvalue weighted by Crippen LogP contribution is 2.26. The molecule has 0 aliphatic carbocycles. The van der Waals surface area contributed by atoms with Crippen molar-refractivity contribution in [2.75, 3.05) is 13.1 Å². The van der Waals surface area contributed by atoms with Crippen molar-refractivity contribution in [3.63, 3.8) is 0 Å². The first-order valence-electron chi connectivity index (χ1n) is 6.21. The van der Waals surface area contributed by atoms with Crippen LogP contribution in [0.15, 0.2) is 17.3 Å². The van der Waals surface area contributed by atoms with Crippen LogP contribution in [0, 0.1) is 0 Å². The van der Waals surface area contributed by atoms with Gasteiger partial charge in [0.2, 0.25) is 15.9 Å². The van der Waals surface area contributed by atoms with Crippen LogP contribution >= 0.6 is 0 Å². The summed E-state index contributed by atoms with van der Waals surface area (Å²) in [6, 6.07) is 0. The molecule has 2 rings (SSSR count). The van der Waals surface area contributed by atoms with Gasteiger partial charge < -0.3 is 10.4 Å². The van der Waals surface area contributed by atoms with Crippen molar-refractivity contribution in [3.05, 3.63) is 12.4 Å². The van der Waals surface area contributed by atoms with Crippen LogP contribution in [-0.2, 0) is 26.2 Å². The van der Waals surface area contributed by atoms with Gasteiger partial charge in [-0.15, -0.1) is 0 Å². The molecule has 1 saturated heterocycles. The SMILES string of the molecule is CC1(C)C(=O)NCCN1S(=O)(=O)c1cnn(CC(=O)O)c1. The van der Waals surface area contributed by atoms with Gasteiger partial charge in [0.05, 0.1) is 6.20 Å². The van der Waals surface area contributed by atoms with Crippen molar-refractivity contribution >= 4 is 21.9 Å². The molecule has 1 amide bonds. The maximum atomic E-state index is 12.6. The lowest BCUT2D eigenvalue weighted by molar-refractivity contribution is -0.138. The van der Waals surface area contributed by atoms with E-state index < -0.39 is 28.1 Å². The normalized spacial score (nSPS) is 19.2. The molecule has 0 bridgehead atoms. The predicted octanol–water partition coefficient (Wildman–Crippen LogP) is -1.13. The van der Waals surface area contributed by atoms with E-state index in [1.807, 2.05) is 0 Å². The fourth-order valence-electron chi connectivity index (χ4n) is 2.13. The number of amides is 1. The topological polar surface area (TPSA) is 122 Å². The lowest BCUT2D eigenvalue weighted by Gasteiger charge is -2.39. The molecule has 0 unspecified atom stereocenters. The highest BCUT2D eigenvalue weighted by molar-refractivity contribution is 7.89. The average molecular weight is 316 g/mol. The van der Waals surface area contributed by atoms with Gasteiger partial charge in [0.25, 0.3) is 0 Å². The van der Waals surface area contributed by atoms with Gasteiger partial charge in [0, 0.05) is 19.3 Å². The van der Waals surface area contributed by atoms with Crippen LogP contribution in [0.3, 0.4) is 0 Å². The van der Waals surface area contributed by atoms with Crippen molar-refractivity contribution < 1.29 is 23.1 Å². The highest BCUT2D eigenvalue weighted by Gasteiger charge is 2.45. The Morgan fingerprint density at radius 1 is 1.52 bits per heavy atom. The molecule has 1 aliphatic heterocycles. The van der Waals surface area contributed by atoms with E-state index in [1.165, 1.54) is 13.8 Å². The van der Waals surface area contributed by atoms with Crippen molar-refractivity contribution in [2.24, 2.45) is 0 Å². The van der Waals surface area contributed by atoms with Crippen molar-refractivity contribution in [1.82, 2.24) is 19.4 Å². The molecule has 0 atom stereocenters. The third-order valence-corrected chi connectivity index (χ3v) is 5.30. The lowest BCUT2D eigenvalue weighted by Crippen LogP contribution is -2.63. The number of aliphatic carboxylic acids is 1. The molecule has 0 spiro atoms. The number of hydrogen-bond donors (Lipinski definition) is 2. The summed E-state index contributed by atoms with van der Waals surface area (Å²) >= 11 is 0. The smallest absolute Gasteiger partial charge is 0.325 e. The van der Waals surface area contributed by atoms with Crippen molar-refractivity contribution in [1.29, 1.82) is 0 Å². The Labute approximate surface area is 121 Å². The third-order valence-electron chi connectivity index (χ3n) is 3.27. The number of carbonyl (C=O) groups excluding carboxylic acids is 1. The number of rotatable bonds is 4. The van der Waals surface area contributed by atoms with Crippen LogP contribution < -0.4 is 5.32 Å². The van der Waals surface area contributed by atoms with Crippen LogP contribution in [0.25, 0.3) is 0 Å². The van der Waals surface area contributed by atoms with Crippen LogP contribution in [0.1, 0.15) is 13.8 Å². The average Bonchev–Trinajstić information content (AvgIpc) is 2.80. The van der Waals surface area contributed by atoms with E-state index in [0.717, 1.165) is 21.4 Å². The van der Waals surface area contributed by atoms with Gasteiger partial charge in [0.1, 0.15) is 17.0 Å². The Balaban J connectivity index is 2.35. The number of carbonyl (C=O) groups is 2. The summed E-state index contributed by atoms with van der Waals surface area (Å²) in [6.07, 6.45) is 2.23. The molecular weight excluding hydrogens is 300 g/mol. The van der Waals surface area contributed by atoms with E-state index in [9.17, 15) is 18.0 Å². The summed E-state index contributed by atoms with van der Waals surface area (Å²) < 4.78 is 27.3. The van der Waals surface area contributed by atoms with Gasteiger partial charge in [-0.25, -0.2) is 8.42 Å². The predicted molar refractivity (Wildman–Crippen MR) is 70.8 cm³/mol. The Kier molecular flexibility index (Phi) is 3.76. The molecule has 1 aromatic rings. The van der Waals surface area contributed by atoms with Crippen molar-refractivity contribution in [2.45, 2.75) is 30.8 Å². The van der Waals surface area contributed by atoms with Gasteiger partial charge in [0.15, 0.2) is 0 Å². The number of piperazine rings is 1. The maximum absolute atomic E-state index is 12.6. The Morgan fingerprint density at radius 2 is 2.19 bits per heavy atom. The molecule has 2 heterocycles. The molecule has 21 heavy (non-hydrogen) atoms.